The molecule has 26 heavy (non-hydrogen) atoms. The van der Waals surface area contributed by atoms with Crippen LogP contribution < -0.4 is 10.2 Å². The number of amides is 1. The molecule has 0 fully saturated rings. The maximum absolute atomic E-state index is 13.0. The van der Waals surface area contributed by atoms with Crippen LogP contribution >= 0.6 is 0 Å². The summed E-state index contributed by atoms with van der Waals surface area (Å²) in [5.41, 5.74) is 4.03. The number of halogens is 1. The van der Waals surface area contributed by atoms with Gasteiger partial charge in [0.25, 0.3) is 0 Å². The molecule has 0 aliphatic rings. The Morgan fingerprint density at radius 3 is 2.12 bits per heavy atom. The Bertz CT molecular complexity index is 691. The lowest BCUT2D eigenvalue weighted by molar-refractivity contribution is -0.145. The van der Waals surface area contributed by atoms with Crippen molar-refractivity contribution in [1.82, 2.24) is 5.48 Å². The molecule has 1 amide bonds. The monoisotopic (exact) mass is 359 g/mol. The maximum atomic E-state index is 13.0. The molecule has 0 unspecified atom stereocenters. The van der Waals surface area contributed by atoms with Crippen LogP contribution in [0.25, 0.3) is 11.1 Å². The number of hydroxylamine groups is 1. The molecular weight excluding hydrogens is 333 g/mol. The second kappa shape index (κ2) is 9.34. The molecule has 0 atom stereocenters. The van der Waals surface area contributed by atoms with Gasteiger partial charge in [0.2, 0.25) is 5.91 Å². The van der Waals surface area contributed by atoms with Gasteiger partial charge in [-0.3, -0.25) is 9.63 Å². The van der Waals surface area contributed by atoms with Crippen LogP contribution in [-0.4, -0.2) is 18.1 Å². The van der Waals surface area contributed by atoms with E-state index in [4.69, 9.17) is 9.57 Å². The third-order valence-electron chi connectivity index (χ3n) is 3.57. The van der Waals surface area contributed by atoms with Crippen LogP contribution in [0, 0.1) is 5.82 Å². The van der Waals surface area contributed by atoms with Crippen LogP contribution in [0.4, 0.5) is 4.39 Å². The first-order chi connectivity index (χ1) is 12.3. The smallest absolute Gasteiger partial charge is 0.243 e. The second-order valence-electron chi connectivity index (χ2n) is 7.08. The molecule has 0 bridgehead atoms. The number of hydrogen-bond donors (Lipinski definition) is 1. The third-order valence-corrected chi connectivity index (χ3v) is 3.57. The van der Waals surface area contributed by atoms with E-state index in [1.807, 2.05) is 45.0 Å². The summed E-state index contributed by atoms with van der Waals surface area (Å²) in [6, 6.07) is 14.1. The summed E-state index contributed by atoms with van der Waals surface area (Å²) < 4.78 is 18.7. The summed E-state index contributed by atoms with van der Waals surface area (Å²) >= 11 is 0. The van der Waals surface area contributed by atoms with Crippen LogP contribution in [0.3, 0.4) is 0 Å². The number of ether oxygens (including phenoxy) is 1. The Kier molecular flexibility index (Phi) is 7.16. The zero-order chi connectivity index (χ0) is 19.0. The summed E-state index contributed by atoms with van der Waals surface area (Å²) in [4.78, 5) is 16.8. The molecule has 0 saturated carbocycles. The van der Waals surface area contributed by atoms with E-state index in [1.165, 1.54) is 12.1 Å². The van der Waals surface area contributed by atoms with Gasteiger partial charge in [-0.05, 0) is 69.0 Å². The van der Waals surface area contributed by atoms with Gasteiger partial charge >= 0.3 is 0 Å². The SMILES string of the molecule is CC(C)(C)ONC(=O)CCCCOc1ccc(-c2ccc(F)cc2)cc1. The first kappa shape index (κ1) is 19.9. The van der Waals surface area contributed by atoms with Crippen LogP contribution in [0.2, 0.25) is 0 Å². The van der Waals surface area contributed by atoms with E-state index in [9.17, 15) is 9.18 Å². The molecule has 0 aromatic heterocycles. The van der Waals surface area contributed by atoms with Crippen molar-refractivity contribution in [2.75, 3.05) is 6.61 Å². The summed E-state index contributed by atoms with van der Waals surface area (Å²) in [6.45, 7) is 6.18. The molecule has 0 saturated heterocycles. The van der Waals surface area contributed by atoms with Gasteiger partial charge in [0.15, 0.2) is 0 Å². The van der Waals surface area contributed by atoms with Crippen molar-refractivity contribution in [3.8, 4) is 16.9 Å². The first-order valence-electron chi connectivity index (χ1n) is 8.79. The normalized spacial score (nSPS) is 11.2. The van der Waals surface area contributed by atoms with E-state index in [-0.39, 0.29) is 11.7 Å². The molecule has 0 radical (unpaired) electrons. The summed E-state index contributed by atoms with van der Waals surface area (Å²) in [6.07, 6.45) is 1.92. The van der Waals surface area contributed by atoms with Crippen molar-refractivity contribution < 1.29 is 18.8 Å². The molecule has 2 aromatic carbocycles. The highest BCUT2D eigenvalue weighted by Crippen LogP contribution is 2.22. The molecule has 4 nitrogen and oxygen atoms in total. The standard InChI is InChI=1S/C21H26FNO3/c1-21(2,3)26-23-20(24)6-4-5-15-25-19-13-9-17(10-14-19)16-7-11-18(22)12-8-16/h7-14H,4-6,15H2,1-3H3,(H,23,24). The van der Waals surface area contributed by atoms with Gasteiger partial charge in [0.05, 0.1) is 12.2 Å². The van der Waals surface area contributed by atoms with Gasteiger partial charge in [-0.2, -0.15) is 0 Å². The number of carbonyl (C=O) groups is 1. The predicted octanol–water partition coefficient (Wildman–Crippen LogP) is 4.89. The zero-order valence-electron chi connectivity index (χ0n) is 15.5. The number of hydrogen-bond acceptors (Lipinski definition) is 3. The van der Waals surface area contributed by atoms with Gasteiger partial charge in [-0.1, -0.05) is 24.3 Å². The quantitative estimate of drug-likeness (QED) is 0.539. The molecule has 5 heteroatoms. The highest BCUT2D eigenvalue weighted by molar-refractivity contribution is 5.74. The highest BCUT2D eigenvalue weighted by atomic mass is 19.1. The van der Waals surface area contributed by atoms with Crippen LogP contribution in [0.15, 0.2) is 48.5 Å². The fourth-order valence-electron chi connectivity index (χ4n) is 2.22. The Hall–Kier alpha value is -2.40. The number of carbonyl (C=O) groups excluding carboxylic acids is 1. The van der Waals surface area contributed by atoms with Gasteiger partial charge in [0.1, 0.15) is 11.6 Å². The fraction of sp³-hybridized carbons (Fsp3) is 0.381. The van der Waals surface area contributed by atoms with E-state index in [0.717, 1.165) is 29.7 Å². The predicted molar refractivity (Wildman–Crippen MR) is 100 cm³/mol. The van der Waals surface area contributed by atoms with E-state index in [1.54, 1.807) is 12.1 Å². The number of rotatable bonds is 8. The third kappa shape index (κ3) is 7.23. The molecule has 2 rings (SSSR count). The zero-order valence-corrected chi connectivity index (χ0v) is 15.5. The lowest BCUT2D eigenvalue weighted by Gasteiger charge is -2.18. The minimum Gasteiger partial charge on any atom is -0.494 e. The molecule has 2 aromatic rings. The van der Waals surface area contributed by atoms with Crippen molar-refractivity contribution in [2.45, 2.75) is 45.6 Å². The van der Waals surface area contributed by atoms with Crippen LogP contribution in [-0.2, 0) is 9.63 Å². The minimum atomic E-state index is -0.390. The Morgan fingerprint density at radius 1 is 0.962 bits per heavy atom. The Balaban J connectivity index is 1.67. The molecule has 1 N–H and O–H groups in total. The number of unbranched alkanes of at least 4 members (excludes halogenated alkanes) is 1. The van der Waals surface area contributed by atoms with E-state index >= 15 is 0 Å². The average Bonchev–Trinajstić information content (AvgIpc) is 2.60. The van der Waals surface area contributed by atoms with Crippen molar-refractivity contribution >= 4 is 5.91 Å². The van der Waals surface area contributed by atoms with Crippen molar-refractivity contribution in [1.29, 1.82) is 0 Å². The van der Waals surface area contributed by atoms with E-state index in [0.29, 0.717) is 13.0 Å². The molecule has 0 aliphatic heterocycles. The molecule has 0 aliphatic carbocycles. The maximum Gasteiger partial charge on any atom is 0.243 e. The van der Waals surface area contributed by atoms with Crippen LogP contribution in [0.5, 0.6) is 5.75 Å². The molecule has 0 heterocycles. The largest absolute Gasteiger partial charge is 0.494 e. The lowest BCUT2D eigenvalue weighted by atomic mass is 10.1. The summed E-state index contributed by atoms with van der Waals surface area (Å²) in [5, 5.41) is 0. The van der Waals surface area contributed by atoms with E-state index < -0.39 is 5.60 Å². The average molecular weight is 359 g/mol. The van der Waals surface area contributed by atoms with Crippen molar-refractivity contribution in [3.63, 3.8) is 0 Å². The Labute approximate surface area is 154 Å². The summed E-state index contributed by atoms with van der Waals surface area (Å²) in [7, 11) is 0. The van der Waals surface area contributed by atoms with Gasteiger partial charge in [-0.15, -0.1) is 0 Å². The number of nitrogens with one attached hydrogen (secondary N) is 1. The van der Waals surface area contributed by atoms with Crippen LogP contribution in [0.1, 0.15) is 40.0 Å². The second-order valence-corrected chi connectivity index (χ2v) is 7.08. The minimum absolute atomic E-state index is 0.122. The van der Waals surface area contributed by atoms with Crippen molar-refractivity contribution in [2.24, 2.45) is 0 Å². The topological polar surface area (TPSA) is 47.6 Å². The lowest BCUT2D eigenvalue weighted by Crippen LogP contribution is -2.33. The molecule has 0 spiro atoms. The molecule has 140 valence electrons. The van der Waals surface area contributed by atoms with Gasteiger partial charge in [0, 0.05) is 6.42 Å². The summed E-state index contributed by atoms with van der Waals surface area (Å²) in [5.74, 6) is 0.410. The van der Waals surface area contributed by atoms with Crippen molar-refractivity contribution in [3.05, 3.63) is 54.3 Å². The fourth-order valence-corrected chi connectivity index (χ4v) is 2.22. The molecular formula is C21H26FNO3. The number of benzene rings is 2. The first-order valence-corrected chi connectivity index (χ1v) is 8.79. The van der Waals surface area contributed by atoms with Gasteiger partial charge in [-0.25, -0.2) is 9.87 Å². The van der Waals surface area contributed by atoms with E-state index in [2.05, 4.69) is 5.48 Å². The highest BCUT2D eigenvalue weighted by Gasteiger charge is 2.12. The Morgan fingerprint density at radius 2 is 1.54 bits per heavy atom. The van der Waals surface area contributed by atoms with Gasteiger partial charge < -0.3 is 4.74 Å².